The molecule has 1 saturated heterocycles. The molecule has 152 valence electrons. The molecule has 1 saturated carbocycles. The van der Waals surface area contributed by atoms with Gasteiger partial charge in [0.25, 0.3) is 0 Å². The van der Waals surface area contributed by atoms with Crippen molar-refractivity contribution in [1.29, 1.82) is 0 Å². The average Bonchev–Trinajstić information content (AvgIpc) is 3.13. The van der Waals surface area contributed by atoms with E-state index in [2.05, 4.69) is 73.9 Å². The van der Waals surface area contributed by atoms with Crippen molar-refractivity contribution in [3.05, 3.63) is 46.9 Å². The first-order chi connectivity index (χ1) is 13.4. The topological polar surface area (TPSA) is 52.6 Å². The molecule has 5 heteroatoms. The minimum Gasteiger partial charge on any atom is -0.392 e. The number of aliphatic hydroxyl groups is 1. The Morgan fingerprint density at radius 3 is 2.68 bits per heavy atom. The summed E-state index contributed by atoms with van der Waals surface area (Å²) in [5.41, 5.74) is 2.54. The second kappa shape index (κ2) is 7.85. The van der Waals surface area contributed by atoms with Crippen molar-refractivity contribution >= 4 is 17.7 Å². The van der Waals surface area contributed by atoms with Gasteiger partial charge in [0.2, 0.25) is 5.91 Å². The summed E-state index contributed by atoms with van der Waals surface area (Å²) >= 11 is 1.62. The van der Waals surface area contributed by atoms with Gasteiger partial charge in [-0.15, -0.1) is 11.8 Å². The number of hydrogen-bond donors (Lipinski definition) is 2. The highest BCUT2D eigenvalue weighted by Crippen LogP contribution is 2.51. The lowest BCUT2D eigenvalue weighted by Gasteiger charge is -2.51. The van der Waals surface area contributed by atoms with Crippen molar-refractivity contribution in [2.45, 2.75) is 49.5 Å². The van der Waals surface area contributed by atoms with E-state index in [4.69, 9.17) is 0 Å². The van der Waals surface area contributed by atoms with E-state index in [-0.39, 0.29) is 41.1 Å². The highest BCUT2D eigenvalue weighted by Gasteiger charge is 2.53. The number of aliphatic hydroxyl groups excluding tert-OH is 1. The lowest BCUT2D eigenvalue weighted by atomic mass is 9.60. The van der Waals surface area contributed by atoms with E-state index in [0.29, 0.717) is 11.8 Å². The van der Waals surface area contributed by atoms with Gasteiger partial charge in [0, 0.05) is 24.4 Å². The van der Waals surface area contributed by atoms with E-state index >= 15 is 0 Å². The number of piperidine rings is 1. The SMILES string of the molecule is CC1CC(O)C(c2ccc([C@@H](C)CN(C)C)cc2)C2C3C=CSC3C(=O)NC12. The molecule has 4 nitrogen and oxygen atoms in total. The number of hydrogen-bond acceptors (Lipinski definition) is 4. The van der Waals surface area contributed by atoms with Gasteiger partial charge in [0.1, 0.15) is 0 Å². The zero-order chi connectivity index (χ0) is 20.0. The smallest absolute Gasteiger partial charge is 0.234 e. The number of rotatable bonds is 4. The average molecular weight is 401 g/mol. The molecule has 0 aromatic heterocycles. The van der Waals surface area contributed by atoms with Crippen LogP contribution in [0.3, 0.4) is 0 Å². The number of likely N-dealkylation sites (N-methyl/N-ethyl adjacent to an activating group) is 1. The van der Waals surface area contributed by atoms with Gasteiger partial charge in [-0.25, -0.2) is 0 Å². The van der Waals surface area contributed by atoms with Gasteiger partial charge in [0.15, 0.2) is 0 Å². The molecule has 2 fully saturated rings. The standard InChI is InChI=1S/C23H32N2O2S/c1-13-11-18(26)19(16-7-5-15(6-8-16)14(2)12-25(3)4)20-17-9-10-28-22(17)23(27)24-21(13)20/h5-10,13-14,17-22,26H,11-12H2,1-4H3,(H,24,27)/t13?,14-,17?,18?,19?,20?,21?,22?/m0/s1. The Morgan fingerprint density at radius 2 is 2.00 bits per heavy atom. The van der Waals surface area contributed by atoms with Crippen LogP contribution < -0.4 is 5.32 Å². The molecule has 0 bridgehead atoms. The van der Waals surface area contributed by atoms with Gasteiger partial charge in [-0.2, -0.15) is 0 Å². The van der Waals surface area contributed by atoms with Gasteiger partial charge in [-0.1, -0.05) is 44.2 Å². The quantitative estimate of drug-likeness (QED) is 0.815. The summed E-state index contributed by atoms with van der Waals surface area (Å²) in [6.45, 7) is 5.44. The first kappa shape index (κ1) is 20.0. The number of carbonyl (C=O) groups excluding carboxylic acids is 1. The molecule has 0 radical (unpaired) electrons. The summed E-state index contributed by atoms with van der Waals surface area (Å²) in [4.78, 5) is 14.8. The molecule has 7 unspecified atom stereocenters. The fourth-order valence-corrected chi connectivity index (χ4v) is 6.71. The van der Waals surface area contributed by atoms with Crippen LogP contribution >= 0.6 is 11.8 Å². The minimum absolute atomic E-state index is 0.0411. The molecule has 1 aromatic carbocycles. The van der Waals surface area contributed by atoms with Crippen LogP contribution in [0.1, 0.15) is 43.2 Å². The summed E-state index contributed by atoms with van der Waals surface area (Å²) in [6, 6.07) is 9.00. The number of benzene rings is 1. The molecule has 0 spiro atoms. The number of carbonyl (C=O) groups is 1. The van der Waals surface area contributed by atoms with Crippen molar-refractivity contribution in [3.8, 4) is 0 Å². The number of fused-ring (bicyclic) bond motifs is 3. The van der Waals surface area contributed by atoms with Gasteiger partial charge in [-0.3, -0.25) is 4.79 Å². The van der Waals surface area contributed by atoms with Crippen molar-refractivity contribution in [1.82, 2.24) is 10.2 Å². The Morgan fingerprint density at radius 1 is 1.29 bits per heavy atom. The van der Waals surface area contributed by atoms with Crippen molar-refractivity contribution in [2.75, 3.05) is 20.6 Å². The molecule has 2 aliphatic heterocycles. The second-order valence-corrected chi connectivity index (χ2v) is 10.3. The Balaban J connectivity index is 1.64. The molecular weight excluding hydrogens is 368 g/mol. The van der Waals surface area contributed by atoms with E-state index in [1.54, 1.807) is 11.8 Å². The summed E-state index contributed by atoms with van der Waals surface area (Å²) < 4.78 is 0. The largest absolute Gasteiger partial charge is 0.392 e. The van der Waals surface area contributed by atoms with Crippen LogP contribution in [0.5, 0.6) is 0 Å². The van der Waals surface area contributed by atoms with Crippen LogP contribution in [0, 0.1) is 17.8 Å². The number of nitrogens with zero attached hydrogens (tertiary/aromatic N) is 1. The lowest BCUT2D eigenvalue weighted by molar-refractivity contribution is -0.128. The molecule has 1 aromatic rings. The molecule has 2 heterocycles. The molecular formula is C23H32N2O2S. The Hall–Kier alpha value is -1.30. The number of allylic oxidation sites excluding steroid dienone is 1. The van der Waals surface area contributed by atoms with Crippen LogP contribution in [0.15, 0.2) is 35.7 Å². The van der Waals surface area contributed by atoms with E-state index < -0.39 is 0 Å². The normalized spacial score (nSPS) is 38.1. The highest BCUT2D eigenvalue weighted by molar-refractivity contribution is 8.03. The second-order valence-electron chi connectivity index (χ2n) is 9.21. The molecule has 2 N–H and O–H groups in total. The molecule has 8 atom stereocenters. The lowest BCUT2D eigenvalue weighted by Crippen LogP contribution is -2.62. The van der Waals surface area contributed by atoms with E-state index in [0.717, 1.165) is 13.0 Å². The first-order valence-electron chi connectivity index (χ1n) is 10.4. The van der Waals surface area contributed by atoms with E-state index in [9.17, 15) is 9.90 Å². The maximum absolute atomic E-state index is 12.6. The number of amides is 1. The first-order valence-corrected chi connectivity index (χ1v) is 11.4. The fraction of sp³-hybridized carbons (Fsp3) is 0.609. The molecule has 4 rings (SSSR count). The predicted molar refractivity (Wildman–Crippen MR) is 115 cm³/mol. The van der Waals surface area contributed by atoms with Crippen molar-refractivity contribution < 1.29 is 9.90 Å². The molecule has 28 heavy (non-hydrogen) atoms. The van der Waals surface area contributed by atoms with Crippen LogP contribution in [-0.4, -0.2) is 53.9 Å². The van der Waals surface area contributed by atoms with Crippen LogP contribution in [0.25, 0.3) is 0 Å². The predicted octanol–water partition coefficient (Wildman–Crippen LogP) is 3.20. The molecule has 1 aliphatic carbocycles. The zero-order valence-electron chi connectivity index (χ0n) is 17.2. The van der Waals surface area contributed by atoms with Gasteiger partial charge in [0.05, 0.1) is 11.4 Å². The van der Waals surface area contributed by atoms with Gasteiger partial charge >= 0.3 is 0 Å². The monoisotopic (exact) mass is 400 g/mol. The van der Waals surface area contributed by atoms with Crippen molar-refractivity contribution in [3.63, 3.8) is 0 Å². The third-order valence-electron chi connectivity index (χ3n) is 6.89. The summed E-state index contributed by atoms with van der Waals surface area (Å²) in [6.07, 6.45) is 2.58. The third-order valence-corrected chi connectivity index (χ3v) is 8.02. The number of nitrogens with one attached hydrogen (secondary N) is 1. The highest BCUT2D eigenvalue weighted by atomic mass is 32.2. The Labute approximate surface area is 172 Å². The van der Waals surface area contributed by atoms with Crippen LogP contribution in [-0.2, 0) is 4.79 Å². The third kappa shape index (κ3) is 3.53. The molecule has 3 aliphatic rings. The number of thioether (sulfide) groups is 1. The fourth-order valence-electron chi connectivity index (χ4n) is 5.62. The summed E-state index contributed by atoms with van der Waals surface area (Å²) in [7, 11) is 4.21. The van der Waals surface area contributed by atoms with Crippen LogP contribution in [0.4, 0.5) is 0 Å². The Bertz CT molecular complexity index is 747. The van der Waals surface area contributed by atoms with Crippen molar-refractivity contribution in [2.24, 2.45) is 17.8 Å². The zero-order valence-corrected chi connectivity index (χ0v) is 18.0. The van der Waals surface area contributed by atoms with E-state index in [1.165, 1.54) is 11.1 Å². The van der Waals surface area contributed by atoms with Gasteiger partial charge in [-0.05, 0) is 54.8 Å². The summed E-state index contributed by atoms with van der Waals surface area (Å²) in [5.74, 6) is 1.45. The maximum atomic E-state index is 12.6. The Kier molecular flexibility index (Phi) is 5.60. The molecule has 1 amide bonds. The summed E-state index contributed by atoms with van der Waals surface area (Å²) in [5, 5.41) is 16.4. The van der Waals surface area contributed by atoms with Gasteiger partial charge < -0.3 is 15.3 Å². The van der Waals surface area contributed by atoms with Crippen LogP contribution in [0.2, 0.25) is 0 Å². The minimum atomic E-state index is -0.365. The maximum Gasteiger partial charge on any atom is 0.234 e. The van der Waals surface area contributed by atoms with E-state index in [1.807, 2.05) is 0 Å².